The number of carbonyl (C=O) groups is 2. The predicted octanol–water partition coefficient (Wildman–Crippen LogP) is 1.75. The summed E-state index contributed by atoms with van der Waals surface area (Å²) in [5.74, 6) is -2.07. The number of esters is 1. The third-order valence-electron chi connectivity index (χ3n) is 3.25. The zero-order valence-electron chi connectivity index (χ0n) is 12.0. The zero-order valence-corrected chi connectivity index (χ0v) is 13.6. The molecule has 0 bridgehead atoms. The minimum absolute atomic E-state index is 0.107. The lowest BCUT2D eigenvalue weighted by molar-refractivity contribution is -0.141. The van der Waals surface area contributed by atoms with E-state index in [1.807, 2.05) is 0 Å². The van der Waals surface area contributed by atoms with Crippen molar-refractivity contribution in [3.63, 3.8) is 0 Å². The van der Waals surface area contributed by atoms with Gasteiger partial charge in [0.2, 0.25) is 0 Å². The van der Waals surface area contributed by atoms with Crippen molar-refractivity contribution in [2.75, 3.05) is 6.61 Å². The number of hydrogen-bond donors (Lipinski definition) is 1. The zero-order chi connectivity index (χ0) is 16.4. The van der Waals surface area contributed by atoms with Gasteiger partial charge < -0.3 is 14.4 Å². The molecule has 2 rings (SSSR count). The molecule has 0 fully saturated rings. The van der Waals surface area contributed by atoms with Crippen LogP contribution in [0.1, 0.15) is 17.3 Å². The van der Waals surface area contributed by atoms with Crippen LogP contribution in [0.25, 0.3) is 10.9 Å². The van der Waals surface area contributed by atoms with Crippen molar-refractivity contribution in [2.24, 2.45) is 7.05 Å². The molecular weight excluding hydrogens is 354 g/mol. The Morgan fingerprint density at radius 3 is 2.64 bits per heavy atom. The second-order valence-corrected chi connectivity index (χ2v) is 5.50. The highest BCUT2D eigenvalue weighted by atomic mass is 79.9. The van der Waals surface area contributed by atoms with Crippen molar-refractivity contribution in [2.45, 2.75) is 11.8 Å². The van der Waals surface area contributed by atoms with Gasteiger partial charge in [-0.2, -0.15) is 0 Å². The van der Waals surface area contributed by atoms with Gasteiger partial charge in [-0.15, -0.1) is 0 Å². The van der Waals surface area contributed by atoms with E-state index < -0.39 is 33.5 Å². The molecule has 116 valence electrons. The Balaban J connectivity index is 2.63. The molecular formula is C15H14BrNO5. The summed E-state index contributed by atoms with van der Waals surface area (Å²) in [6, 6.07) is 6.64. The second-order valence-electron chi connectivity index (χ2n) is 4.58. The van der Waals surface area contributed by atoms with E-state index in [1.54, 1.807) is 31.2 Å². The summed E-state index contributed by atoms with van der Waals surface area (Å²) in [6.45, 7) is 1.71. The van der Waals surface area contributed by atoms with Crippen LogP contribution in [0.4, 0.5) is 0 Å². The number of Topliss-reactive ketones (excluding diaryl/α,β-unsaturated/α-hetero) is 1. The molecule has 0 aliphatic carbocycles. The van der Waals surface area contributed by atoms with E-state index in [1.165, 1.54) is 11.6 Å². The Morgan fingerprint density at radius 1 is 1.36 bits per heavy atom. The van der Waals surface area contributed by atoms with Crippen molar-refractivity contribution >= 4 is 38.6 Å². The van der Waals surface area contributed by atoms with E-state index in [0.717, 1.165) is 0 Å². The average Bonchev–Trinajstić information content (AvgIpc) is 2.52. The van der Waals surface area contributed by atoms with Crippen molar-refractivity contribution in [1.82, 2.24) is 4.57 Å². The first-order valence-electron chi connectivity index (χ1n) is 6.55. The maximum Gasteiger partial charge on any atom is 0.327 e. The largest absolute Gasteiger partial charge is 0.506 e. The lowest BCUT2D eigenvalue weighted by atomic mass is 10.0. The molecule has 22 heavy (non-hydrogen) atoms. The van der Waals surface area contributed by atoms with Crippen LogP contribution in [-0.2, 0) is 16.6 Å². The van der Waals surface area contributed by atoms with Crippen molar-refractivity contribution in [3.05, 3.63) is 40.2 Å². The second kappa shape index (κ2) is 6.31. The third kappa shape index (κ3) is 2.64. The topological polar surface area (TPSA) is 85.6 Å². The fourth-order valence-corrected chi connectivity index (χ4v) is 2.51. The van der Waals surface area contributed by atoms with E-state index in [0.29, 0.717) is 10.9 Å². The van der Waals surface area contributed by atoms with Crippen LogP contribution in [0.15, 0.2) is 29.1 Å². The monoisotopic (exact) mass is 367 g/mol. The molecule has 0 amide bonds. The van der Waals surface area contributed by atoms with Crippen LogP contribution < -0.4 is 5.56 Å². The number of aryl methyl sites for hydroxylation is 1. The summed E-state index contributed by atoms with van der Waals surface area (Å²) in [5, 5.41) is 10.6. The SMILES string of the molecule is CCOC(=O)[C@@H](Br)C(=O)c1c(O)c2ccccc2n(C)c1=O. The van der Waals surface area contributed by atoms with Gasteiger partial charge in [0.25, 0.3) is 5.56 Å². The van der Waals surface area contributed by atoms with Crippen LogP contribution in [0, 0.1) is 0 Å². The Labute approximate surface area is 134 Å². The lowest BCUT2D eigenvalue weighted by Crippen LogP contribution is -2.33. The maximum absolute atomic E-state index is 12.4. The minimum atomic E-state index is -1.34. The number of aromatic hydroxyl groups is 1. The molecule has 1 aromatic heterocycles. The highest BCUT2D eigenvalue weighted by Gasteiger charge is 2.31. The number of carbonyl (C=O) groups excluding carboxylic acids is 2. The molecule has 1 heterocycles. The van der Waals surface area contributed by atoms with E-state index in [-0.39, 0.29) is 6.61 Å². The minimum Gasteiger partial charge on any atom is -0.506 e. The summed E-state index contributed by atoms with van der Waals surface area (Å²) < 4.78 is 6.00. The third-order valence-corrected chi connectivity index (χ3v) is 4.04. The molecule has 1 atom stereocenters. The molecule has 1 N–H and O–H groups in total. The van der Waals surface area contributed by atoms with Crippen molar-refractivity contribution < 1.29 is 19.4 Å². The number of aromatic nitrogens is 1. The number of pyridine rings is 1. The van der Waals surface area contributed by atoms with Crippen molar-refractivity contribution in [3.8, 4) is 5.75 Å². The maximum atomic E-state index is 12.4. The lowest BCUT2D eigenvalue weighted by Gasteiger charge is -2.13. The highest BCUT2D eigenvalue weighted by Crippen LogP contribution is 2.27. The Bertz CT molecular complexity index is 811. The summed E-state index contributed by atoms with van der Waals surface area (Å²) in [4.78, 5) is 35.0. The fraction of sp³-hybridized carbons (Fsp3) is 0.267. The number of fused-ring (bicyclic) bond motifs is 1. The number of rotatable bonds is 4. The number of benzene rings is 1. The first-order chi connectivity index (χ1) is 10.4. The van der Waals surface area contributed by atoms with Gasteiger partial charge in [-0.3, -0.25) is 14.4 Å². The molecule has 7 heteroatoms. The molecule has 0 saturated heterocycles. The molecule has 0 radical (unpaired) electrons. The van der Waals surface area contributed by atoms with Gasteiger partial charge in [-0.25, -0.2) is 0 Å². The molecule has 6 nitrogen and oxygen atoms in total. The number of alkyl halides is 1. The summed E-state index contributed by atoms with van der Waals surface area (Å²) >= 11 is 2.92. The first-order valence-corrected chi connectivity index (χ1v) is 7.47. The van der Waals surface area contributed by atoms with Crippen LogP contribution in [0.2, 0.25) is 0 Å². The van der Waals surface area contributed by atoms with E-state index in [4.69, 9.17) is 4.74 Å². The van der Waals surface area contributed by atoms with Gasteiger partial charge in [0.05, 0.1) is 12.1 Å². The molecule has 0 aliphatic rings. The summed E-state index contributed by atoms with van der Waals surface area (Å²) in [6.07, 6.45) is 0. The quantitative estimate of drug-likeness (QED) is 0.385. The number of ether oxygens (including phenoxy) is 1. The number of halogens is 1. The molecule has 2 aromatic rings. The average molecular weight is 368 g/mol. The Hall–Kier alpha value is -2.15. The first kappa shape index (κ1) is 16.2. The van der Waals surface area contributed by atoms with Gasteiger partial charge in [0.15, 0.2) is 10.6 Å². The molecule has 1 aromatic carbocycles. The number of ketones is 1. The fourth-order valence-electron chi connectivity index (χ4n) is 2.15. The number of hydrogen-bond acceptors (Lipinski definition) is 5. The highest BCUT2D eigenvalue weighted by molar-refractivity contribution is 9.10. The van der Waals surface area contributed by atoms with Gasteiger partial charge in [0.1, 0.15) is 11.3 Å². The van der Waals surface area contributed by atoms with Gasteiger partial charge >= 0.3 is 5.97 Å². The molecule has 0 unspecified atom stereocenters. The van der Waals surface area contributed by atoms with Gasteiger partial charge in [0, 0.05) is 12.4 Å². The van der Waals surface area contributed by atoms with Crippen LogP contribution in [-0.4, -0.2) is 32.9 Å². The van der Waals surface area contributed by atoms with Crippen LogP contribution in [0.5, 0.6) is 5.75 Å². The van der Waals surface area contributed by atoms with E-state index in [9.17, 15) is 19.5 Å². The predicted molar refractivity (Wildman–Crippen MR) is 84.5 cm³/mol. The van der Waals surface area contributed by atoms with E-state index in [2.05, 4.69) is 15.9 Å². The summed E-state index contributed by atoms with van der Waals surface area (Å²) in [7, 11) is 1.49. The summed E-state index contributed by atoms with van der Waals surface area (Å²) in [5.41, 5.74) is -0.616. The number of nitrogens with zero attached hydrogens (tertiary/aromatic N) is 1. The van der Waals surface area contributed by atoms with Crippen molar-refractivity contribution in [1.29, 1.82) is 0 Å². The molecule has 0 aliphatic heterocycles. The smallest absolute Gasteiger partial charge is 0.327 e. The molecule has 0 spiro atoms. The molecule has 0 saturated carbocycles. The van der Waals surface area contributed by atoms with Crippen LogP contribution >= 0.6 is 15.9 Å². The Kier molecular flexibility index (Phi) is 4.65. The van der Waals surface area contributed by atoms with E-state index >= 15 is 0 Å². The Morgan fingerprint density at radius 2 is 2.00 bits per heavy atom. The van der Waals surface area contributed by atoms with Gasteiger partial charge in [-0.05, 0) is 19.1 Å². The number of para-hydroxylation sites is 1. The standard InChI is InChI=1S/C15H14BrNO5/c1-3-22-15(21)11(16)13(19)10-12(18)8-6-4-5-7-9(8)17(2)14(10)20/h4-7,11,18H,3H2,1-2H3/t11-/m0/s1. The normalized spacial score (nSPS) is 12.1. The van der Waals surface area contributed by atoms with Crippen LogP contribution in [0.3, 0.4) is 0 Å². The van der Waals surface area contributed by atoms with Gasteiger partial charge in [-0.1, -0.05) is 28.1 Å².